The lowest BCUT2D eigenvalue weighted by atomic mass is 9.93. The van der Waals surface area contributed by atoms with Crippen LogP contribution in [0.4, 0.5) is 18.9 Å². The molecule has 7 rings (SSSR count). The molecule has 0 radical (unpaired) electrons. The van der Waals surface area contributed by atoms with Gasteiger partial charge < -0.3 is 19.5 Å². The van der Waals surface area contributed by atoms with Gasteiger partial charge >= 0.3 is 5.51 Å². The molecule has 1 atom stereocenters. The summed E-state index contributed by atoms with van der Waals surface area (Å²) in [5.41, 5.74) is 3.56. The van der Waals surface area contributed by atoms with Crippen molar-refractivity contribution < 1.29 is 26.9 Å². The van der Waals surface area contributed by atoms with E-state index in [-0.39, 0.29) is 28.0 Å². The number of nitrogens with zero attached hydrogens (tertiary/aromatic N) is 4. The lowest BCUT2D eigenvalue weighted by Gasteiger charge is -2.38. The van der Waals surface area contributed by atoms with Crippen molar-refractivity contribution in [2.75, 3.05) is 57.8 Å². The number of benzene rings is 3. The van der Waals surface area contributed by atoms with E-state index in [1.807, 2.05) is 35.2 Å². The molecule has 2 aliphatic rings. The number of thioether (sulfide) groups is 1. The molecule has 9 nitrogen and oxygen atoms in total. The lowest BCUT2D eigenvalue weighted by molar-refractivity contribution is -0.108. The molecule has 0 saturated carbocycles. The van der Waals surface area contributed by atoms with Gasteiger partial charge in [-0.3, -0.25) is 14.4 Å². The number of alkyl halides is 3. The number of H-pyrrole nitrogens is 1. The molecule has 1 fully saturated rings. The number of aromatic nitrogens is 2. The maximum Gasteiger partial charge on any atom is 0.446 e. The van der Waals surface area contributed by atoms with E-state index in [0.717, 1.165) is 91.4 Å². The summed E-state index contributed by atoms with van der Waals surface area (Å²) in [5.74, 6) is 1.63. The van der Waals surface area contributed by atoms with E-state index in [1.165, 1.54) is 35.9 Å². The first-order chi connectivity index (χ1) is 26.3. The average Bonchev–Trinajstić information content (AvgIpc) is 3.63. The topological polar surface area (TPSA) is 93.8 Å². The van der Waals surface area contributed by atoms with Crippen LogP contribution in [-0.2, 0) is 15.8 Å². The van der Waals surface area contributed by atoms with Crippen LogP contribution in [0.25, 0.3) is 16.6 Å². The molecule has 5 aromatic rings. The number of halogens is 4. The molecule has 2 N–H and O–H groups in total. The predicted molar refractivity (Wildman–Crippen MR) is 215 cm³/mol. The number of anilines is 1. The molecule has 1 unspecified atom stereocenters. The maximum atomic E-state index is 12.2. The number of hydrogen-bond acceptors (Lipinski definition) is 8. The van der Waals surface area contributed by atoms with Gasteiger partial charge in [0.15, 0.2) is 11.0 Å². The highest BCUT2D eigenvalue weighted by Gasteiger charge is 2.30. The van der Waals surface area contributed by atoms with Crippen LogP contribution in [-0.4, -0.2) is 88.8 Å². The zero-order valence-electron chi connectivity index (χ0n) is 30.7. The third-order valence-electron chi connectivity index (χ3n) is 9.52. The van der Waals surface area contributed by atoms with E-state index in [4.69, 9.17) is 16.3 Å². The molecule has 0 bridgehead atoms. The summed E-state index contributed by atoms with van der Waals surface area (Å²) in [4.78, 5) is 25.2. The largest absolute Gasteiger partial charge is 0.455 e. The zero-order chi connectivity index (χ0) is 39.1. The number of fused-ring (bicyclic) bond motifs is 1. The Bertz CT molecular complexity index is 2170. The Hall–Kier alpha value is -4.34. The number of carbonyl (C=O) groups excluding carboxylic acids is 1. The number of rotatable bonds is 10. The number of nitrogens with one attached hydrogen (secondary N) is 2. The summed E-state index contributed by atoms with van der Waals surface area (Å²) < 4.78 is 56.3. The molecule has 4 heterocycles. The number of piperazine rings is 1. The fourth-order valence-electron chi connectivity index (χ4n) is 6.53. The number of amides is 1. The molecule has 0 aliphatic carbocycles. The fourth-order valence-corrected chi connectivity index (χ4v) is 8.04. The number of carbonyl (C=O) groups is 1. The maximum absolute atomic E-state index is 12.2. The molecule has 2 aliphatic heterocycles. The molecule has 1 amide bonds. The summed E-state index contributed by atoms with van der Waals surface area (Å²) in [5, 5.41) is 1.84. The highest BCUT2D eigenvalue weighted by atomic mass is 35.5. The number of aryl methyl sites for hydroxylation is 2. The van der Waals surface area contributed by atoms with Crippen LogP contribution in [0.3, 0.4) is 0 Å². The summed E-state index contributed by atoms with van der Waals surface area (Å²) in [6, 6.07) is 22.9. The summed E-state index contributed by atoms with van der Waals surface area (Å²) in [6.07, 6.45) is 5.03. The highest BCUT2D eigenvalue weighted by molar-refractivity contribution is 8.00. The molecule has 55 heavy (non-hydrogen) atoms. The monoisotopic (exact) mass is 810 g/mol. The second-order valence-corrected chi connectivity index (χ2v) is 16.2. The Morgan fingerprint density at radius 1 is 0.982 bits per heavy atom. The Balaban J connectivity index is 0.000000255. The van der Waals surface area contributed by atoms with Crippen LogP contribution >= 0.6 is 23.4 Å². The molecule has 15 heteroatoms. The molecule has 0 spiro atoms. The van der Waals surface area contributed by atoms with Gasteiger partial charge in [0.25, 0.3) is 0 Å². The first-order valence-electron chi connectivity index (χ1n) is 17.7. The van der Waals surface area contributed by atoms with E-state index < -0.39 is 16.5 Å². The Labute approximate surface area is 330 Å². The third-order valence-corrected chi connectivity index (χ3v) is 11.7. The molecule has 290 valence electrons. The van der Waals surface area contributed by atoms with E-state index in [1.54, 1.807) is 11.8 Å². The number of likely N-dealkylation sites (N-methyl/N-ethyl adjacent to an activating group) is 1. The first-order valence-corrected chi connectivity index (χ1v) is 20.0. The molecular formula is C40H42ClF3N6O3S2. The Kier molecular flexibility index (Phi) is 13.3. The Morgan fingerprint density at radius 3 is 2.45 bits per heavy atom. The van der Waals surface area contributed by atoms with Crippen LogP contribution in [0.1, 0.15) is 23.1 Å². The van der Waals surface area contributed by atoms with Gasteiger partial charge in [-0.15, -0.1) is 0 Å². The third kappa shape index (κ3) is 10.9. The van der Waals surface area contributed by atoms with Crippen molar-refractivity contribution in [3.8, 4) is 11.5 Å². The highest BCUT2D eigenvalue weighted by Crippen LogP contribution is 2.39. The van der Waals surface area contributed by atoms with Crippen LogP contribution in [0, 0.1) is 13.8 Å². The van der Waals surface area contributed by atoms with Crippen LogP contribution in [0.2, 0.25) is 5.02 Å². The van der Waals surface area contributed by atoms with Gasteiger partial charge in [-0.2, -0.15) is 13.2 Å². The van der Waals surface area contributed by atoms with Gasteiger partial charge in [0.05, 0.1) is 11.1 Å². The number of pyridine rings is 1. The summed E-state index contributed by atoms with van der Waals surface area (Å²) in [6.45, 7) is 10.9. The van der Waals surface area contributed by atoms with Gasteiger partial charge in [0.1, 0.15) is 17.1 Å². The zero-order valence-corrected chi connectivity index (χ0v) is 33.0. The van der Waals surface area contributed by atoms with E-state index in [9.17, 15) is 22.2 Å². The second-order valence-electron chi connectivity index (χ2n) is 13.5. The van der Waals surface area contributed by atoms with Crippen LogP contribution in [0.5, 0.6) is 11.5 Å². The molecule has 1 saturated heterocycles. The van der Waals surface area contributed by atoms with Gasteiger partial charge in [-0.1, -0.05) is 35.9 Å². The van der Waals surface area contributed by atoms with E-state index in [2.05, 4.69) is 69.0 Å². The second kappa shape index (κ2) is 18.1. The normalized spacial score (nSPS) is 16.1. The summed E-state index contributed by atoms with van der Waals surface area (Å²) in [7, 11) is 0.379. The summed E-state index contributed by atoms with van der Waals surface area (Å²) >= 11 is 5.89. The molecule has 3 aromatic carbocycles. The van der Waals surface area contributed by atoms with Crippen molar-refractivity contribution in [1.29, 1.82) is 0 Å². The van der Waals surface area contributed by atoms with Crippen LogP contribution in [0.15, 0.2) is 101 Å². The van der Waals surface area contributed by atoms with Gasteiger partial charge in [-0.05, 0) is 109 Å². The number of aromatic amines is 1. The van der Waals surface area contributed by atoms with Crippen LogP contribution < -0.4 is 14.4 Å². The lowest BCUT2D eigenvalue weighted by Crippen LogP contribution is -2.47. The Morgan fingerprint density at radius 2 is 1.73 bits per heavy atom. The predicted octanol–water partition coefficient (Wildman–Crippen LogP) is 8.60. The quantitative estimate of drug-likeness (QED) is 0.107. The smallest absolute Gasteiger partial charge is 0.446 e. The number of ether oxygens (including phenoxy) is 1. The van der Waals surface area contributed by atoms with E-state index in [0.29, 0.717) is 5.56 Å². The molecular weight excluding hydrogens is 769 g/mol. The standard InChI is InChI=1S/C31H34ClN5O.C9H8F3NO2S2/c1-22-3-8-27(18-30(22)38-28-17-24-9-11-33-31(24)34-19-28)37-15-13-36(14-16-37)20-25-10-12-35(2)21-29(25)23-4-6-26(32)7-5-23;1-6-2-3-7(17(15)13-5-14)4-8(6)16-9(10,11)12/h3-9,11,17-19H,10,12-16,20-21H2,1-2H3,(H,33,34);2-5H,1H3,(H,13,14). The van der Waals surface area contributed by atoms with E-state index >= 15 is 0 Å². The average molecular weight is 811 g/mol. The van der Waals surface area contributed by atoms with Gasteiger partial charge in [0.2, 0.25) is 6.41 Å². The minimum Gasteiger partial charge on any atom is -0.455 e. The van der Waals surface area contributed by atoms with Crippen molar-refractivity contribution >= 4 is 63.1 Å². The minimum absolute atomic E-state index is 0.0314. The van der Waals surface area contributed by atoms with Crippen molar-refractivity contribution in [2.45, 2.75) is 35.6 Å². The molecule has 2 aromatic heterocycles. The van der Waals surface area contributed by atoms with Crippen molar-refractivity contribution in [3.05, 3.63) is 112 Å². The van der Waals surface area contributed by atoms with Gasteiger partial charge in [-0.25, -0.2) is 9.19 Å². The van der Waals surface area contributed by atoms with Crippen molar-refractivity contribution in [2.24, 2.45) is 0 Å². The first kappa shape index (κ1) is 40.3. The number of hydrogen-bond donors (Lipinski definition) is 2. The minimum atomic E-state index is -4.40. The van der Waals surface area contributed by atoms with Crippen molar-refractivity contribution in [3.63, 3.8) is 0 Å². The van der Waals surface area contributed by atoms with Gasteiger partial charge in [0, 0.05) is 79.1 Å². The SMILES string of the molecule is Cc1ccc(N2CCN(CC3=C(c4ccc(Cl)cc4)CN(C)CC3)CC2)cc1Oc1cnc2[nH]ccc2c1.Cc1ccc(S(=O)NC=O)cc1SC(F)(F)F. The fraction of sp³-hybridized carbons (Fsp3) is 0.300. The van der Waals surface area contributed by atoms with Crippen molar-refractivity contribution in [1.82, 2.24) is 24.5 Å².